The van der Waals surface area contributed by atoms with Gasteiger partial charge in [-0.1, -0.05) is 123 Å². The third-order valence-corrected chi connectivity index (χ3v) is 9.33. The van der Waals surface area contributed by atoms with E-state index in [1.54, 1.807) is 0 Å². The first-order valence-corrected chi connectivity index (χ1v) is 16.2. The number of nitrogens with zero attached hydrogens (tertiary/aromatic N) is 2. The molecule has 0 radical (unpaired) electrons. The molecule has 46 heavy (non-hydrogen) atoms. The lowest BCUT2D eigenvalue weighted by atomic mass is 9.84. The number of fused-ring (bicyclic) bond motifs is 3. The molecule has 7 aromatic rings. The topological polar surface area (TPSA) is 27.0 Å². The lowest BCUT2D eigenvalue weighted by Crippen LogP contribution is -2.01. The Balaban J connectivity index is 1.27. The maximum absolute atomic E-state index is 5.19. The molecule has 0 saturated heterocycles. The zero-order valence-corrected chi connectivity index (χ0v) is 26.5. The second-order valence-corrected chi connectivity index (χ2v) is 12.6. The van der Waals surface area contributed by atoms with Crippen molar-refractivity contribution in [3.8, 4) is 33.5 Å². The molecule has 1 aromatic heterocycles. The van der Waals surface area contributed by atoms with Crippen LogP contribution in [0.3, 0.4) is 0 Å². The average molecular weight is 592 g/mol. The summed E-state index contributed by atoms with van der Waals surface area (Å²) in [6.45, 7) is 7.39. The van der Waals surface area contributed by atoms with Crippen LogP contribution in [-0.2, 0) is 0 Å². The van der Waals surface area contributed by atoms with Gasteiger partial charge in [-0.05, 0) is 102 Å². The summed E-state index contributed by atoms with van der Waals surface area (Å²) in [4.78, 5) is 5.19. The summed E-state index contributed by atoms with van der Waals surface area (Å²) >= 11 is 0. The lowest BCUT2D eigenvalue weighted by molar-refractivity contribution is 0.853. The second kappa shape index (κ2) is 11.5. The molecule has 222 valence electrons. The SMILES string of the molecule is Cc1ccccc1-c1c2ccccc2c(-c2ccc3cc(-c4ccc(C(C)C)c(C5=C[N-]CC=C5)n4)ccc3c2)c2ccccc12. The highest BCUT2D eigenvalue weighted by Gasteiger charge is 2.18. The summed E-state index contributed by atoms with van der Waals surface area (Å²) in [5.74, 6) is 0.376. The van der Waals surface area contributed by atoms with Crippen LogP contribution in [0.15, 0.2) is 140 Å². The molecule has 0 amide bonds. The summed E-state index contributed by atoms with van der Waals surface area (Å²) in [6, 6.07) is 44.5. The standard InChI is InChI=1S/C44H35N2/c1-28(2)35-22-23-41(46-44(35)34-12-10-24-45-27-34)32-20-18-31-26-33(21-19-30(31)25-32)42-37-14-6-8-16-39(37)43(36-13-5-4-11-29(36)3)40-17-9-7-15-38(40)42/h4-23,25-28H,24H2,1-3H3/q-1. The zero-order chi connectivity index (χ0) is 31.2. The smallest absolute Gasteiger partial charge is 0.0725 e. The third kappa shape index (κ3) is 4.78. The van der Waals surface area contributed by atoms with Crippen LogP contribution < -0.4 is 0 Å². The lowest BCUT2D eigenvalue weighted by Gasteiger charge is -2.22. The number of rotatable bonds is 5. The molecule has 6 aromatic carbocycles. The Morgan fingerprint density at radius 2 is 1.24 bits per heavy atom. The van der Waals surface area contributed by atoms with Gasteiger partial charge in [0.2, 0.25) is 0 Å². The van der Waals surface area contributed by atoms with Crippen molar-refractivity contribution in [2.75, 3.05) is 6.54 Å². The number of allylic oxidation sites excluding steroid dienone is 2. The Hall–Kier alpha value is -5.47. The van der Waals surface area contributed by atoms with E-state index < -0.39 is 0 Å². The van der Waals surface area contributed by atoms with E-state index in [9.17, 15) is 0 Å². The molecule has 1 aliphatic rings. The van der Waals surface area contributed by atoms with Crippen molar-refractivity contribution < 1.29 is 0 Å². The maximum Gasteiger partial charge on any atom is 0.0725 e. The highest BCUT2D eigenvalue weighted by molar-refractivity contribution is 6.22. The Kier molecular flexibility index (Phi) is 6.99. The van der Waals surface area contributed by atoms with Crippen LogP contribution in [0.5, 0.6) is 0 Å². The zero-order valence-electron chi connectivity index (χ0n) is 26.5. The molecular formula is C44H35N2-. The predicted molar refractivity (Wildman–Crippen MR) is 197 cm³/mol. The third-order valence-electron chi connectivity index (χ3n) is 9.33. The molecule has 0 fully saturated rings. The number of benzene rings is 6. The molecule has 2 nitrogen and oxygen atoms in total. The van der Waals surface area contributed by atoms with Gasteiger partial charge in [0.25, 0.3) is 0 Å². The van der Waals surface area contributed by atoms with E-state index in [0.29, 0.717) is 5.92 Å². The van der Waals surface area contributed by atoms with Gasteiger partial charge in [0, 0.05) is 5.56 Å². The van der Waals surface area contributed by atoms with Crippen molar-refractivity contribution in [1.29, 1.82) is 0 Å². The van der Waals surface area contributed by atoms with E-state index in [1.165, 1.54) is 65.7 Å². The number of aryl methyl sites for hydroxylation is 1. The fourth-order valence-corrected chi connectivity index (χ4v) is 7.05. The van der Waals surface area contributed by atoms with Crippen molar-refractivity contribution in [3.05, 3.63) is 162 Å². The van der Waals surface area contributed by atoms with Crippen LogP contribution in [0, 0.1) is 6.92 Å². The van der Waals surface area contributed by atoms with Gasteiger partial charge < -0.3 is 5.32 Å². The van der Waals surface area contributed by atoms with Gasteiger partial charge in [-0.25, -0.2) is 4.98 Å². The van der Waals surface area contributed by atoms with Crippen molar-refractivity contribution in [1.82, 2.24) is 4.98 Å². The molecule has 2 heteroatoms. The van der Waals surface area contributed by atoms with E-state index >= 15 is 0 Å². The van der Waals surface area contributed by atoms with E-state index in [-0.39, 0.29) is 0 Å². The van der Waals surface area contributed by atoms with Crippen molar-refractivity contribution >= 4 is 37.9 Å². The minimum Gasteiger partial charge on any atom is -0.687 e. The van der Waals surface area contributed by atoms with E-state index in [4.69, 9.17) is 4.98 Å². The van der Waals surface area contributed by atoms with E-state index in [0.717, 1.165) is 29.1 Å². The number of hydrogen-bond acceptors (Lipinski definition) is 1. The Bertz CT molecular complexity index is 2300. The van der Waals surface area contributed by atoms with Gasteiger partial charge in [0.1, 0.15) is 0 Å². The first-order valence-electron chi connectivity index (χ1n) is 16.2. The quantitative estimate of drug-likeness (QED) is 0.183. The van der Waals surface area contributed by atoms with Crippen LogP contribution in [0.2, 0.25) is 0 Å². The van der Waals surface area contributed by atoms with Crippen LogP contribution in [-0.4, -0.2) is 11.5 Å². The van der Waals surface area contributed by atoms with Crippen LogP contribution in [0.25, 0.3) is 76.7 Å². The van der Waals surface area contributed by atoms with Gasteiger partial charge in [-0.2, -0.15) is 6.20 Å². The Morgan fingerprint density at radius 3 is 1.87 bits per heavy atom. The van der Waals surface area contributed by atoms with Gasteiger partial charge in [0.05, 0.1) is 11.4 Å². The molecule has 0 bridgehead atoms. The Labute approximate surface area is 270 Å². The van der Waals surface area contributed by atoms with Gasteiger partial charge in [0.15, 0.2) is 0 Å². The highest BCUT2D eigenvalue weighted by Crippen LogP contribution is 2.45. The van der Waals surface area contributed by atoms with E-state index in [2.05, 4.69) is 160 Å². The van der Waals surface area contributed by atoms with Gasteiger partial charge in [-0.15, -0.1) is 12.6 Å². The second-order valence-electron chi connectivity index (χ2n) is 12.6. The minimum absolute atomic E-state index is 0.376. The molecule has 0 spiro atoms. The summed E-state index contributed by atoms with van der Waals surface area (Å²) < 4.78 is 0. The monoisotopic (exact) mass is 591 g/mol. The normalized spacial score (nSPS) is 13.0. The average Bonchev–Trinajstić information content (AvgIpc) is 3.10. The number of pyridine rings is 1. The van der Waals surface area contributed by atoms with Crippen LogP contribution in [0.1, 0.15) is 36.6 Å². The number of aromatic nitrogens is 1. The molecule has 1 aliphatic heterocycles. The molecule has 0 saturated carbocycles. The predicted octanol–water partition coefficient (Wildman–Crippen LogP) is 12.3. The minimum atomic E-state index is 0.376. The first-order chi connectivity index (χ1) is 22.6. The fraction of sp³-hybridized carbons (Fsp3) is 0.114. The molecule has 2 heterocycles. The Morgan fingerprint density at radius 1 is 0.630 bits per heavy atom. The summed E-state index contributed by atoms with van der Waals surface area (Å²) in [7, 11) is 0. The van der Waals surface area contributed by atoms with Crippen molar-refractivity contribution in [2.24, 2.45) is 0 Å². The maximum atomic E-state index is 5.19. The molecule has 0 unspecified atom stereocenters. The van der Waals surface area contributed by atoms with Crippen molar-refractivity contribution in [2.45, 2.75) is 26.7 Å². The first kappa shape index (κ1) is 28.0. The van der Waals surface area contributed by atoms with Crippen LogP contribution >= 0.6 is 0 Å². The molecule has 0 atom stereocenters. The molecule has 0 N–H and O–H groups in total. The summed E-state index contributed by atoms with van der Waals surface area (Å²) in [6.07, 6.45) is 6.21. The van der Waals surface area contributed by atoms with E-state index in [1.807, 2.05) is 6.20 Å². The highest BCUT2D eigenvalue weighted by atomic mass is 14.8. The van der Waals surface area contributed by atoms with Gasteiger partial charge in [-0.3, -0.25) is 0 Å². The summed E-state index contributed by atoms with van der Waals surface area (Å²) in [5.41, 5.74) is 11.8. The molecule has 0 aliphatic carbocycles. The molecular weight excluding hydrogens is 556 g/mol. The molecule has 8 rings (SSSR count). The van der Waals surface area contributed by atoms with Crippen LogP contribution in [0.4, 0.5) is 0 Å². The number of hydrogen-bond donors (Lipinski definition) is 0. The van der Waals surface area contributed by atoms with Crippen molar-refractivity contribution in [3.63, 3.8) is 0 Å². The fourth-order valence-electron chi connectivity index (χ4n) is 7.05. The summed E-state index contributed by atoms with van der Waals surface area (Å²) in [5, 5.41) is 12.0. The van der Waals surface area contributed by atoms with Gasteiger partial charge >= 0.3 is 0 Å². The largest absolute Gasteiger partial charge is 0.687 e.